The lowest BCUT2D eigenvalue weighted by Crippen LogP contribution is -2.37. The summed E-state index contributed by atoms with van der Waals surface area (Å²) >= 11 is 4.87. The standard InChI is InChI=1S/C18H18BrNO3S2/c1-12(24-14-8-6-13(19)7-9-14)18(21)20-16-10-11-25(22,23)17-5-3-2-4-15(16)17/h2-9,12,16H,10-11H2,1H3,(H,20,21). The lowest BCUT2D eigenvalue weighted by molar-refractivity contribution is -0.121. The third-order valence-corrected chi connectivity index (χ3v) is 7.57. The maximum atomic E-state index is 12.6. The van der Waals surface area contributed by atoms with E-state index in [4.69, 9.17) is 0 Å². The van der Waals surface area contributed by atoms with E-state index in [9.17, 15) is 13.2 Å². The monoisotopic (exact) mass is 439 g/mol. The molecule has 2 atom stereocenters. The molecule has 0 fully saturated rings. The third-order valence-electron chi connectivity index (χ3n) is 4.12. The molecule has 7 heteroatoms. The number of rotatable bonds is 4. The maximum absolute atomic E-state index is 12.6. The summed E-state index contributed by atoms with van der Waals surface area (Å²) in [5.41, 5.74) is 0.683. The van der Waals surface area contributed by atoms with Gasteiger partial charge < -0.3 is 5.32 Å². The highest BCUT2D eigenvalue weighted by Gasteiger charge is 2.31. The second-order valence-electron chi connectivity index (χ2n) is 5.92. The molecular formula is C18H18BrNO3S2. The van der Waals surface area contributed by atoms with Crippen LogP contribution in [0.1, 0.15) is 24.9 Å². The number of carbonyl (C=O) groups excluding carboxylic acids is 1. The molecule has 1 amide bonds. The fourth-order valence-corrected chi connectivity index (χ4v) is 5.56. The first-order valence-electron chi connectivity index (χ1n) is 7.91. The van der Waals surface area contributed by atoms with Crippen LogP contribution in [0.5, 0.6) is 0 Å². The van der Waals surface area contributed by atoms with Crippen molar-refractivity contribution in [3.63, 3.8) is 0 Å². The Morgan fingerprint density at radius 1 is 1.20 bits per heavy atom. The van der Waals surface area contributed by atoms with Crippen LogP contribution in [0, 0.1) is 0 Å². The number of sulfone groups is 1. The summed E-state index contributed by atoms with van der Waals surface area (Å²) in [6, 6.07) is 14.4. The Labute approximate surface area is 160 Å². The zero-order valence-corrected chi connectivity index (χ0v) is 16.8. The van der Waals surface area contributed by atoms with Crippen LogP contribution in [-0.2, 0) is 14.6 Å². The fraction of sp³-hybridized carbons (Fsp3) is 0.278. The molecule has 4 nitrogen and oxygen atoms in total. The number of halogens is 1. The van der Waals surface area contributed by atoms with E-state index >= 15 is 0 Å². The second-order valence-corrected chi connectivity index (χ2v) is 10.3. The minimum atomic E-state index is -3.24. The maximum Gasteiger partial charge on any atom is 0.233 e. The molecule has 2 unspecified atom stereocenters. The molecule has 25 heavy (non-hydrogen) atoms. The van der Waals surface area contributed by atoms with Gasteiger partial charge in [-0.1, -0.05) is 34.1 Å². The second kappa shape index (κ2) is 7.51. The normalized spacial score (nSPS) is 19.7. The van der Waals surface area contributed by atoms with Crippen molar-refractivity contribution in [2.24, 2.45) is 0 Å². The van der Waals surface area contributed by atoms with Crippen LogP contribution in [0.3, 0.4) is 0 Å². The Morgan fingerprint density at radius 3 is 2.60 bits per heavy atom. The summed E-state index contributed by atoms with van der Waals surface area (Å²) in [7, 11) is -3.24. The number of carbonyl (C=O) groups is 1. The lowest BCUT2D eigenvalue weighted by atomic mass is 10.0. The number of fused-ring (bicyclic) bond motifs is 1. The van der Waals surface area contributed by atoms with Crippen molar-refractivity contribution in [1.29, 1.82) is 0 Å². The molecular weight excluding hydrogens is 422 g/mol. The van der Waals surface area contributed by atoms with Crippen molar-refractivity contribution in [3.8, 4) is 0 Å². The number of hydrogen-bond donors (Lipinski definition) is 1. The summed E-state index contributed by atoms with van der Waals surface area (Å²) in [6.45, 7) is 1.85. The van der Waals surface area contributed by atoms with E-state index in [0.717, 1.165) is 9.37 Å². The highest BCUT2D eigenvalue weighted by Crippen LogP contribution is 2.32. The van der Waals surface area contributed by atoms with Gasteiger partial charge in [0.15, 0.2) is 9.84 Å². The summed E-state index contributed by atoms with van der Waals surface area (Å²) in [6.07, 6.45) is 0.404. The van der Waals surface area contributed by atoms with Crippen LogP contribution in [-0.4, -0.2) is 25.3 Å². The van der Waals surface area contributed by atoms with Gasteiger partial charge in [-0.15, -0.1) is 11.8 Å². The average molecular weight is 440 g/mol. The van der Waals surface area contributed by atoms with E-state index < -0.39 is 9.84 Å². The van der Waals surface area contributed by atoms with Gasteiger partial charge in [0.05, 0.1) is 21.9 Å². The molecule has 0 spiro atoms. The highest BCUT2D eigenvalue weighted by atomic mass is 79.9. The quantitative estimate of drug-likeness (QED) is 0.731. The molecule has 132 valence electrons. The minimum Gasteiger partial charge on any atom is -0.348 e. The number of thioether (sulfide) groups is 1. The molecule has 3 rings (SSSR count). The third kappa shape index (κ3) is 4.27. The van der Waals surface area contributed by atoms with Crippen molar-refractivity contribution < 1.29 is 13.2 Å². The van der Waals surface area contributed by atoms with E-state index in [-0.39, 0.29) is 23.0 Å². The molecule has 1 N–H and O–H groups in total. The Kier molecular flexibility index (Phi) is 5.55. The molecule has 2 aromatic rings. The van der Waals surface area contributed by atoms with Crippen LogP contribution in [0.4, 0.5) is 0 Å². The predicted molar refractivity (Wildman–Crippen MR) is 103 cm³/mol. The molecule has 0 aromatic heterocycles. The summed E-state index contributed by atoms with van der Waals surface area (Å²) in [5.74, 6) is -0.0320. The summed E-state index contributed by atoms with van der Waals surface area (Å²) in [5, 5.41) is 2.74. The molecule has 0 radical (unpaired) electrons. The van der Waals surface area contributed by atoms with Crippen LogP contribution in [0.2, 0.25) is 0 Å². The van der Waals surface area contributed by atoms with Crippen LogP contribution >= 0.6 is 27.7 Å². The number of amides is 1. The Balaban J connectivity index is 1.71. The number of hydrogen-bond acceptors (Lipinski definition) is 4. The van der Waals surface area contributed by atoms with Crippen molar-refractivity contribution in [2.75, 3.05) is 5.75 Å². The SMILES string of the molecule is CC(Sc1ccc(Br)cc1)C(=O)NC1CCS(=O)(=O)c2ccccc21. The van der Waals surface area contributed by atoms with Crippen molar-refractivity contribution in [2.45, 2.75) is 34.4 Å². The summed E-state index contributed by atoms with van der Waals surface area (Å²) < 4.78 is 25.4. The van der Waals surface area contributed by atoms with Gasteiger partial charge in [0.2, 0.25) is 5.91 Å². The van der Waals surface area contributed by atoms with Gasteiger partial charge in [0.25, 0.3) is 0 Å². The van der Waals surface area contributed by atoms with E-state index in [2.05, 4.69) is 21.2 Å². The molecule has 2 aromatic carbocycles. The Hall–Kier alpha value is -1.31. The van der Waals surface area contributed by atoms with Crippen LogP contribution in [0.25, 0.3) is 0 Å². The van der Waals surface area contributed by atoms with Gasteiger partial charge in [-0.2, -0.15) is 0 Å². The zero-order chi connectivity index (χ0) is 18.0. The minimum absolute atomic E-state index is 0.0587. The zero-order valence-electron chi connectivity index (χ0n) is 13.6. The topological polar surface area (TPSA) is 63.2 Å². The first-order valence-corrected chi connectivity index (χ1v) is 11.2. The first kappa shape index (κ1) is 18.5. The van der Waals surface area contributed by atoms with Gasteiger partial charge in [0.1, 0.15) is 0 Å². The van der Waals surface area contributed by atoms with Crippen LogP contribution < -0.4 is 5.32 Å². The Bertz CT molecular complexity index is 881. The Morgan fingerprint density at radius 2 is 1.88 bits per heavy atom. The number of nitrogens with one attached hydrogen (secondary N) is 1. The molecule has 1 aliphatic heterocycles. The molecule has 0 aliphatic carbocycles. The number of benzene rings is 2. The van der Waals surface area contributed by atoms with E-state index in [1.54, 1.807) is 24.3 Å². The molecule has 1 aliphatic rings. The van der Waals surface area contributed by atoms with E-state index in [0.29, 0.717) is 16.9 Å². The molecule has 1 heterocycles. The lowest BCUT2D eigenvalue weighted by Gasteiger charge is -2.27. The van der Waals surface area contributed by atoms with E-state index in [1.165, 1.54) is 11.8 Å². The molecule has 0 saturated heterocycles. The van der Waals surface area contributed by atoms with Crippen molar-refractivity contribution in [3.05, 3.63) is 58.6 Å². The van der Waals surface area contributed by atoms with Crippen molar-refractivity contribution in [1.82, 2.24) is 5.32 Å². The van der Waals surface area contributed by atoms with Gasteiger partial charge >= 0.3 is 0 Å². The average Bonchev–Trinajstić information content (AvgIpc) is 2.59. The van der Waals surface area contributed by atoms with Crippen LogP contribution in [0.15, 0.2) is 62.8 Å². The summed E-state index contributed by atoms with van der Waals surface area (Å²) in [4.78, 5) is 13.9. The molecule has 0 bridgehead atoms. The van der Waals surface area contributed by atoms with E-state index in [1.807, 2.05) is 31.2 Å². The van der Waals surface area contributed by atoms with Gasteiger partial charge in [0, 0.05) is 9.37 Å². The van der Waals surface area contributed by atoms with Crippen molar-refractivity contribution >= 4 is 43.4 Å². The van der Waals surface area contributed by atoms with Gasteiger partial charge in [-0.05, 0) is 49.2 Å². The predicted octanol–water partition coefficient (Wildman–Crippen LogP) is 3.96. The highest BCUT2D eigenvalue weighted by molar-refractivity contribution is 9.10. The van der Waals surface area contributed by atoms with Gasteiger partial charge in [-0.3, -0.25) is 4.79 Å². The fourth-order valence-electron chi connectivity index (χ4n) is 2.80. The smallest absolute Gasteiger partial charge is 0.233 e. The first-order chi connectivity index (χ1) is 11.9. The molecule has 0 saturated carbocycles. The van der Waals surface area contributed by atoms with Gasteiger partial charge in [-0.25, -0.2) is 8.42 Å². The largest absolute Gasteiger partial charge is 0.348 e.